The summed E-state index contributed by atoms with van der Waals surface area (Å²) in [5.41, 5.74) is 1.71. The molecule has 2 aromatic rings. The number of rotatable bonds is 8. The predicted molar refractivity (Wildman–Crippen MR) is 134 cm³/mol. The number of nitrogens with zero attached hydrogens (tertiary/aromatic N) is 2. The molecule has 0 radical (unpaired) electrons. The molecule has 7 heteroatoms. The summed E-state index contributed by atoms with van der Waals surface area (Å²) in [5, 5.41) is 3.67. The second-order valence-corrected chi connectivity index (χ2v) is 9.59. The number of amides is 2. The van der Waals surface area contributed by atoms with Gasteiger partial charge in [0.05, 0.1) is 23.7 Å². The van der Waals surface area contributed by atoms with Crippen molar-refractivity contribution < 1.29 is 14.3 Å². The minimum absolute atomic E-state index is 0.0355. The van der Waals surface area contributed by atoms with Crippen LogP contribution in [0, 0.1) is 5.92 Å². The zero-order valence-electron chi connectivity index (χ0n) is 19.8. The second-order valence-electron chi connectivity index (χ2n) is 9.19. The van der Waals surface area contributed by atoms with E-state index >= 15 is 0 Å². The molecule has 2 aliphatic rings. The van der Waals surface area contributed by atoms with Crippen LogP contribution >= 0.6 is 11.6 Å². The van der Waals surface area contributed by atoms with Crippen molar-refractivity contribution in [2.45, 2.75) is 38.1 Å². The summed E-state index contributed by atoms with van der Waals surface area (Å²) < 4.78 is 5.21. The van der Waals surface area contributed by atoms with Crippen LogP contribution in [0.5, 0.6) is 5.75 Å². The van der Waals surface area contributed by atoms with E-state index in [9.17, 15) is 9.59 Å². The van der Waals surface area contributed by atoms with Gasteiger partial charge in [-0.1, -0.05) is 48.7 Å². The molecule has 1 N–H and O–H groups in total. The Balaban J connectivity index is 1.34. The summed E-state index contributed by atoms with van der Waals surface area (Å²) >= 11 is 6.24. The molecule has 34 heavy (non-hydrogen) atoms. The molecule has 0 unspecified atom stereocenters. The summed E-state index contributed by atoms with van der Waals surface area (Å²) in [7, 11) is 1.66. The normalized spacial score (nSPS) is 18.0. The van der Waals surface area contributed by atoms with E-state index < -0.39 is 0 Å². The van der Waals surface area contributed by atoms with Crippen LogP contribution in [0.2, 0.25) is 5.02 Å². The number of carbonyl (C=O) groups is 2. The third-order valence-corrected chi connectivity index (χ3v) is 7.42. The average molecular weight is 484 g/mol. The van der Waals surface area contributed by atoms with E-state index in [1.54, 1.807) is 19.2 Å². The van der Waals surface area contributed by atoms with Crippen molar-refractivity contribution in [3.05, 3.63) is 64.7 Å². The van der Waals surface area contributed by atoms with Gasteiger partial charge in [-0.3, -0.25) is 14.5 Å². The summed E-state index contributed by atoms with van der Waals surface area (Å²) in [6, 6.07) is 15.0. The van der Waals surface area contributed by atoms with Gasteiger partial charge in [0, 0.05) is 32.7 Å². The monoisotopic (exact) mass is 483 g/mol. The number of piperazine rings is 1. The molecule has 1 saturated heterocycles. The fraction of sp³-hybridized carbons (Fsp3) is 0.481. The van der Waals surface area contributed by atoms with Crippen LogP contribution in [0.4, 0.5) is 0 Å². The molecule has 2 aromatic carbocycles. The molecule has 0 spiro atoms. The third kappa shape index (κ3) is 5.91. The van der Waals surface area contributed by atoms with E-state index in [4.69, 9.17) is 16.3 Å². The summed E-state index contributed by atoms with van der Waals surface area (Å²) in [6.07, 6.45) is 5.34. The van der Waals surface area contributed by atoms with Crippen molar-refractivity contribution in [3.63, 3.8) is 0 Å². The summed E-state index contributed by atoms with van der Waals surface area (Å²) in [4.78, 5) is 30.4. The van der Waals surface area contributed by atoms with Gasteiger partial charge < -0.3 is 15.0 Å². The Labute approximate surface area is 207 Å². The maximum atomic E-state index is 13.3. The van der Waals surface area contributed by atoms with Crippen LogP contribution in [-0.2, 0) is 11.2 Å². The standard InChI is InChI=1S/C27H34ClN3O3/c1-34-22-12-10-20(11-13-22)14-15-29-26(32)25(21-6-2-3-7-21)30-16-18-31(19-17-30)27(33)23-8-4-5-9-24(23)28/h4-5,8-13,21,25H,2-3,6-7,14-19H2,1H3,(H,29,32)/t25-/m1/s1. The van der Waals surface area contributed by atoms with Gasteiger partial charge in [-0.05, 0) is 55.0 Å². The molecular formula is C27H34ClN3O3. The van der Waals surface area contributed by atoms with Crippen molar-refractivity contribution >= 4 is 23.4 Å². The topological polar surface area (TPSA) is 61.9 Å². The molecule has 0 aromatic heterocycles. The Hall–Kier alpha value is -2.57. The Bertz CT molecular complexity index is 967. The first kappa shape index (κ1) is 24.6. The number of ether oxygens (including phenoxy) is 1. The van der Waals surface area contributed by atoms with Crippen molar-refractivity contribution in [1.29, 1.82) is 0 Å². The van der Waals surface area contributed by atoms with E-state index in [0.29, 0.717) is 49.2 Å². The van der Waals surface area contributed by atoms with Gasteiger partial charge in [0.1, 0.15) is 5.75 Å². The van der Waals surface area contributed by atoms with Crippen molar-refractivity contribution in [1.82, 2.24) is 15.1 Å². The highest BCUT2D eigenvalue weighted by molar-refractivity contribution is 6.33. The minimum atomic E-state index is -0.129. The van der Waals surface area contributed by atoms with Crippen LogP contribution < -0.4 is 10.1 Å². The highest BCUT2D eigenvalue weighted by Crippen LogP contribution is 2.31. The first-order chi connectivity index (χ1) is 16.6. The molecular weight excluding hydrogens is 450 g/mol. The Kier molecular flexibility index (Phi) is 8.46. The fourth-order valence-corrected chi connectivity index (χ4v) is 5.40. The zero-order chi connectivity index (χ0) is 23.9. The average Bonchev–Trinajstić information content (AvgIpc) is 3.39. The van der Waals surface area contributed by atoms with E-state index in [1.807, 2.05) is 41.3 Å². The van der Waals surface area contributed by atoms with Crippen LogP contribution in [-0.4, -0.2) is 67.5 Å². The van der Waals surface area contributed by atoms with Gasteiger partial charge in [0.25, 0.3) is 5.91 Å². The number of hydrogen-bond acceptors (Lipinski definition) is 4. The van der Waals surface area contributed by atoms with Crippen molar-refractivity contribution in [2.24, 2.45) is 5.92 Å². The number of benzene rings is 2. The Morgan fingerprint density at radius 3 is 2.35 bits per heavy atom. The molecule has 182 valence electrons. The second kappa shape index (κ2) is 11.7. The fourth-order valence-electron chi connectivity index (χ4n) is 5.19. The van der Waals surface area contributed by atoms with Crippen LogP contribution in [0.15, 0.2) is 48.5 Å². The summed E-state index contributed by atoms with van der Waals surface area (Å²) in [6.45, 7) is 3.21. The first-order valence-electron chi connectivity index (χ1n) is 12.3. The van der Waals surface area contributed by atoms with Gasteiger partial charge in [0.15, 0.2) is 0 Å². The molecule has 1 heterocycles. The predicted octanol–water partition coefficient (Wildman–Crippen LogP) is 4.02. The molecule has 0 bridgehead atoms. The van der Waals surface area contributed by atoms with E-state index in [1.165, 1.54) is 18.4 Å². The molecule has 1 aliphatic heterocycles. The van der Waals surface area contributed by atoms with Gasteiger partial charge in [-0.25, -0.2) is 0 Å². The largest absolute Gasteiger partial charge is 0.497 e. The van der Waals surface area contributed by atoms with E-state index in [2.05, 4.69) is 10.2 Å². The highest BCUT2D eigenvalue weighted by Gasteiger charge is 2.37. The molecule has 1 saturated carbocycles. The van der Waals surface area contributed by atoms with Gasteiger partial charge in [-0.2, -0.15) is 0 Å². The lowest BCUT2D eigenvalue weighted by Crippen LogP contribution is -2.58. The number of carbonyl (C=O) groups excluding carboxylic acids is 2. The molecule has 2 amide bonds. The SMILES string of the molecule is COc1ccc(CCNC(=O)[C@@H](C2CCCC2)N2CCN(C(=O)c3ccccc3Cl)CC2)cc1. The highest BCUT2D eigenvalue weighted by atomic mass is 35.5. The lowest BCUT2D eigenvalue weighted by molar-refractivity contribution is -0.129. The van der Waals surface area contributed by atoms with Gasteiger partial charge in [0.2, 0.25) is 5.91 Å². The molecule has 1 aliphatic carbocycles. The maximum absolute atomic E-state index is 13.3. The first-order valence-corrected chi connectivity index (χ1v) is 12.6. The van der Waals surface area contributed by atoms with E-state index in [-0.39, 0.29) is 17.9 Å². The number of methoxy groups -OCH3 is 1. The number of halogens is 1. The van der Waals surface area contributed by atoms with Crippen LogP contribution in [0.3, 0.4) is 0 Å². The van der Waals surface area contributed by atoms with Gasteiger partial charge >= 0.3 is 0 Å². The zero-order valence-corrected chi connectivity index (χ0v) is 20.6. The van der Waals surface area contributed by atoms with Gasteiger partial charge in [-0.15, -0.1) is 0 Å². The molecule has 1 atom stereocenters. The number of nitrogens with one attached hydrogen (secondary N) is 1. The number of hydrogen-bond donors (Lipinski definition) is 1. The smallest absolute Gasteiger partial charge is 0.255 e. The van der Waals surface area contributed by atoms with E-state index in [0.717, 1.165) is 25.0 Å². The lowest BCUT2D eigenvalue weighted by Gasteiger charge is -2.40. The summed E-state index contributed by atoms with van der Waals surface area (Å²) in [5.74, 6) is 1.30. The van der Waals surface area contributed by atoms with Crippen molar-refractivity contribution in [2.75, 3.05) is 39.8 Å². The molecule has 6 nitrogen and oxygen atoms in total. The molecule has 2 fully saturated rings. The van der Waals surface area contributed by atoms with Crippen LogP contribution in [0.1, 0.15) is 41.6 Å². The lowest BCUT2D eigenvalue weighted by atomic mass is 9.94. The quantitative estimate of drug-likeness (QED) is 0.616. The minimum Gasteiger partial charge on any atom is -0.497 e. The van der Waals surface area contributed by atoms with Crippen molar-refractivity contribution in [3.8, 4) is 5.75 Å². The van der Waals surface area contributed by atoms with Crippen LogP contribution in [0.25, 0.3) is 0 Å². The maximum Gasteiger partial charge on any atom is 0.255 e. The Morgan fingerprint density at radius 1 is 1.03 bits per heavy atom. The Morgan fingerprint density at radius 2 is 1.71 bits per heavy atom. The third-order valence-electron chi connectivity index (χ3n) is 7.09. The molecule has 4 rings (SSSR count).